The summed E-state index contributed by atoms with van der Waals surface area (Å²) in [5, 5.41) is 38.0. The van der Waals surface area contributed by atoms with Gasteiger partial charge in [-0.15, -0.1) is 0 Å². The van der Waals surface area contributed by atoms with Crippen molar-refractivity contribution >= 4 is 11.8 Å². The number of rotatable bonds is 4. The minimum Gasteiger partial charge on any atom is -0.477 e. The molecule has 0 amide bonds. The second kappa shape index (κ2) is 5.02. The number of aliphatic hydroxyl groups is 3. The predicted molar refractivity (Wildman–Crippen MR) is 61.4 cm³/mol. The molecular weight excluding hydrogens is 274 g/mol. The van der Waals surface area contributed by atoms with Crippen molar-refractivity contribution in [2.75, 3.05) is 6.61 Å². The van der Waals surface area contributed by atoms with E-state index >= 15 is 0 Å². The molecule has 2 saturated heterocycles. The van der Waals surface area contributed by atoms with Crippen molar-refractivity contribution in [3.05, 3.63) is 0 Å². The van der Waals surface area contributed by atoms with Crippen LogP contribution in [0, 0.1) is 5.92 Å². The molecule has 0 saturated carbocycles. The number of carbonyl (C=O) groups is 2. The third-order valence-electron chi connectivity index (χ3n) is 3.77. The maximum atomic E-state index is 11.6. The SMILES string of the molecule is CC(=O)C1[C@H](O)[C@@H](N)[C@H]2OC1(C(=O)O)O[C@@H]2[C@H](O)CO. The summed E-state index contributed by atoms with van der Waals surface area (Å²) in [4.78, 5) is 23.1. The van der Waals surface area contributed by atoms with E-state index in [1.165, 1.54) is 0 Å². The smallest absolute Gasteiger partial charge is 0.365 e. The van der Waals surface area contributed by atoms with Gasteiger partial charge in [-0.1, -0.05) is 0 Å². The molecule has 0 aromatic carbocycles. The van der Waals surface area contributed by atoms with Crippen LogP contribution in [0.2, 0.25) is 0 Å². The highest BCUT2D eigenvalue weighted by Gasteiger charge is 2.69. The lowest BCUT2D eigenvalue weighted by molar-refractivity contribution is -0.254. The van der Waals surface area contributed by atoms with Gasteiger partial charge in [-0.3, -0.25) is 4.79 Å². The highest BCUT2D eigenvalue weighted by Crippen LogP contribution is 2.45. The monoisotopic (exact) mass is 291 g/mol. The van der Waals surface area contributed by atoms with E-state index in [1.807, 2.05) is 0 Å². The molecule has 0 spiro atoms. The number of aliphatic hydroxyl groups excluding tert-OH is 3. The lowest BCUT2D eigenvalue weighted by atomic mass is 9.81. The quantitative estimate of drug-likeness (QED) is 0.359. The normalized spacial score (nSPS) is 45.1. The fraction of sp³-hybridized carbons (Fsp3) is 0.818. The van der Waals surface area contributed by atoms with Crippen LogP contribution in [0.3, 0.4) is 0 Å². The molecule has 2 aliphatic heterocycles. The van der Waals surface area contributed by atoms with Crippen molar-refractivity contribution in [2.24, 2.45) is 11.7 Å². The molecule has 0 radical (unpaired) electrons. The Morgan fingerprint density at radius 2 is 2.00 bits per heavy atom. The lowest BCUT2D eigenvalue weighted by Gasteiger charge is -2.40. The zero-order valence-corrected chi connectivity index (χ0v) is 10.7. The number of aliphatic carboxylic acids is 1. The van der Waals surface area contributed by atoms with Crippen LogP contribution in [0.5, 0.6) is 0 Å². The Kier molecular flexibility index (Phi) is 3.84. The van der Waals surface area contributed by atoms with Crippen molar-refractivity contribution in [3.63, 3.8) is 0 Å². The number of nitrogens with two attached hydrogens (primary N) is 1. The van der Waals surface area contributed by atoms with Crippen LogP contribution < -0.4 is 5.73 Å². The molecule has 6 N–H and O–H groups in total. The molecule has 0 aliphatic carbocycles. The second-order valence-electron chi connectivity index (χ2n) is 5.04. The molecular formula is C11H17NO8. The summed E-state index contributed by atoms with van der Waals surface area (Å²) in [7, 11) is 0. The van der Waals surface area contributed by atoms with Crippen LogP contribution in [-0.2, 0) is 19.1 Å². The fourth-order valence-electron chi connectivity index (χ4n) is 2.80. The number of hydrogen-bond acceptors (Lipinski definition) is 8. The molecule has 20 heavy (non-hydrogen) atoms. The highest BCUT2D eigenvalue weighted by atomic mass is 16.8. The average Bonchev–Trinajstić information content (AvgIpc) is 2.74. The first kappa shape index (κ1) is 15.3. The van der Waals surface area contributed by atoms with Gasteiger partial charge >= 0.3 is 5.97 Å². The first-order valence-corrected chi connectivity index (χ1v) is 6.08. The van der Waals surface area contributed by atoms with Gasteiger partial charge in [0.2, 0.25) is 0 Å². The van der Waals surface area contributed by atoms with Crippen LogP contribution in [-0.4, -0.2) is 75.0 Å². The summed E-state index contributed by atoms with van der Waals surface area (Å²) in [6.07, 6.45) is -5.31. The number of carboxylic acids is 1. The summed E-state index contributed by atoms with van der Waals surface area (Å²) in [6.45, 7) is 0.391. The maximum Gasteiger partial charge on any atom is 0.365 e. The van der Waals surface area contributed by atoms with Crippen molar-refractivity contribution in [1.29, 1.82) is 0 Å². The van der Waals surface area contributed by atoms with E-state index in [4.69, 9.17) is 20.3 Å². The van der Waals surface area contributed by atoms with E-state index in [-0.39, 0.29) is 0 Å². The van der Waals surface area contributed by atoms with E-state index in [9.17, 15) is 24.9 Å². The van der Waals surface area contributed by atoms with E-state index in [0.29, 0.717) is 0 Å². The van der Waals surface area contributed by atoms with Crippen molar-refractivity contribution in [3.8, 4) is 0 Å². The zero-order chi connectivity index (χ0) is 15.2. The number of Topliss-reactive ketones (excluding diaryl/α,β-unsaturated/α-hetero) is 1. The Balaban J connectivity index is 2.46. The molecule has 0 aromatic rings. The van der Waals surface area contributed by atoms with Crippen LogP contribution in [0.1, 0.15) is 6.92 Å². The Bertz CT molecular complexity index is 429. The summed E-state index contributed by atoms with van der Waals surface area (Å²) < 4.78 is 10.4. The molecule has 2 rings (SSSR count). The summed E-state index contributed by atoms with van der Waals surface area (Å²) in [6, 6.07) is -1.12. The number of carbonyl (C=O) groups excluding carboxylic acids is 1. The van der Waals surface area contributed by atoms with E-state index in [0.717, 1.165) is 6.92 Å². The number of carboxylic acid groups (broad SMARTS) is 1. The van der Waals surface area contributed by atoms with Gasteiger partial charge in [-0.2, -0.15) is 0 Å². The van der Waals surface area contributed by atoms with Gasteiger partial charge in [-0.25, -0.2) is 4.79 Å². The highest BCUT2D eigenvalue weighted by molar-refractivity contribution is 5.89. The van der Waals surface area contributed by atoms with Crippen molar-refractivity contribution < 1.29 is 39.5 Å². The molecule has 9 nitrogen and oxygen atoms in total. The van der Waals surface area contributed by atoms with Gasteiger partial charge in [0.25, 0.3) is 5.79 Å². The molecule has 2 fully saturated rings. The van der Waals surface area contributed by atoms with Crippen molar-refractivity contribution in [2.45, 2.75) is 43.2 Å². The van der Waals surface area contributed by atoms with Crippen LogP contribution in [0.15, 0.2) is 0 Å². The molecule has 9 heteroatoms. The topological polar surface area (TPSA) is 160 Å². The molecule has 7 atom stereocenters. The van der Waals surface area contributed by atoms with E-state index in [2.05, 4.69) is 0 Å². The summed E-state index contributed by atoms with van der Waals surface area (Å²) in [5.74, 6) is -6.16. The standard InChI is InChI=1S/C11H17NO8/c1-3(14)5-7(16)6(12)9-8(4(15)2-13)19-11(5,20-9)10(17)18/h4-9,13,15-16H,2,12H2,1H3,(H,17,18)/t4-,5?,6-,7+,8-,9-,11?/m1/s1. The number of ether oxygens (including phenoxy) is 2. The minimum atomic E-state index is -2.40. The van der Waals surface area contributed by atoms with Crippen molar-refractivity contribution in [1.82, 2.24) is 0 Å². The van der Waals surface area contributed by atoms with E-state index in [1.54, 1.807) is 0 Å². The Morgan fingerprint density at radius 3 is 2.45 bits per heavy atom. The van der Waals surface area contributed by atoms with E-state index < -0.39 is 60.5 Å². The Labute approximate surface area is 113 Å². The summed E-state index contributed by atoms with van der Waals surface area (Å²) in [5.41, 5.74) is 5.74. The largest absolute Gasteiger partial charge is 0.477 e. The molecule has 2 heterocycles. The average molecular weight is 291 g/mol. The zero-order valence-electron chi connectivity index (χ0n) is 10.7. The van der Waals surface area contributed by atoms with Gasteiger partial charge in [-0.05, 0) is 6.92 Å². The predicted octanol–water partition coefficient (Wildman–Crippen LogP) is -3.19. The second-order valence-corrected chi connectivity index (χ2v) is 5.04. The van der Waals surface area contributed by atoms with Gasteiger partial charge in [0.15, 0.2) is 0 Å². The van der Waals surface area contributed by atoms with Gasteiger partial charge in [0.05, 0.1) is 18.8 Å². The molecule has 2 unspecified atom stereocenters. The first-order chi connectivity index (χ1) is 9.26. The van der Waals surface area contributed by atoms with Gasteiger partial charge in [0.1, 0.15) is 30.0 Å². The van der Waals surface area contributed by atoms with Crippen LogP contribution >= 0.6 is 0 Å². The minimum absolute atomic E-state index is 0.659. The van der Waals surface area contributed by atoms with Crippen LogP contribution in [0.25, 0.3) is 0 Å². The molecule has 114 valence electrons. The molecule has 2 bridgehead atoms. The fourth-order valence-corrected chi connectivity index (χ4v) is 2.80. The lowest BCUT2D eigenvalue weighted by Crippen LogP contribution is -2.65. The number of hydrogen-bond donors (Lipinski definition) is 5. The number of fused-ring (bicyclic) bond motifs is 2. The molecule has 0 aromatic heterocycles. The van der Waals surface area contributed by atoms with Gasteiger partial charge in [0, 0.05) is 0 Å². The Morgan fingerprint density at radius 1 is 1.40 bits per heavy atom. The first-order valence-electron chi connectivity index (χ1n) is 6.08. The maximum absolute atomic E-state index is 11.6. The summed E-state index contributed by atoms with van der Waals surface area (Å²) >= 11 is 0. The third kappa shape index (κ3) is 1.94. The third-order valence-corrected chi connectivity index (χ3v) is 3.77. The molecule has 2 aliphatic rings. The number of ketones is 1. The van der Waals surface area contributed by atoms with Gasteiger partial charge < -0.3 is 35.6 Å². The Hall–Kier alpha value is -1.10. The van der Waals surface area contributed by atoms with Crippen LogP contribution in [0.4, 0.5) is 0 Å².